The number of hydrogen-bond donors (Lipinski definition) is 1. The van der Waals surface area contributed by atoms with Gasteiger partial charge in [0.2, 0.25) is 5.91 Å². The van der Waals surface area contributed by atoms with E-state index in [0.717, 1.165) is 48.4 Å². The van der Waals surface area contributed by atoms with Gasteiger partial charge in [-0.25, -0.2) is 9.97 Å². The normalized spacial score (nSPS) is 12.0. The summed E-state index contributed by atoms with van der Waals surface area (Å²) in [5.74, 6) is 1.84. The third-order valence-corrected chi connectivity index (χ3v) is 5.39. The zero-order valence-corrected chi connectivity index (χ0v) is 18.3. The van der Waals surface area contributed by atoms with E-state index in [2.05, 4.69) is 59.4 Å². The number of carbonyl (C=O) groups is 1. The van der Waals surface area contributed by atoms with Crippen molar-refractivity contribution in [3.63, 3.8) is 0 Å². The van der Waals surface area contributed by atoms with Gasteiger partial charge in [-0.3, -0.25) is 4.79 Å². The quantitative estimate of drug-likeness (QED) is 0.539. The number of rotatable bonds is 10. The van der Waals surface area contributed by atoms with Crippen LogP contribution >= 0.6 is 0 Å². The molecular weight excluding hydrogens is 372 g/mol. The number of hydrogen-bond acceptors (Lipinski definition) is 4. The summed E-state index contributed by atoms with van der Waals surface area (Å²) in [4.78, 5) is 24.2. The average molecular weight is 405 g/mol. The fourth-order valence-corrected chi connectivity index (χ4v) is 3.42. The smallest absolute Gasteiger partial charge is 0.221 e. The summed E-state index contributed by atoms with van der Waals surface area (Å²) in [7, 11) is 0. The number of nitrogens with zero attached hydrogens (tertiary/aromatic N) is 3. The van der Waals surface area contributed by atoms with Gasteiger partial charge in [-0.1, -0.05) is 56.3 Å². The highest BCUT2D eigenvalue weighted by atomic mass is 16.1. The zero-order chi connectivity index (χ0) is 21.3. The number of para-hydroxylation sites is 1. The molecule has 1 atom stereocenters. The number of carbonyl (C=O) groups excluding carboxylic acids is 1. The van der Waals surface area contributed by atoms with Crippen LogP contribution in [0.3, 0.4) is 0 Å². The van der Waals surface area contributed by atoms with Gasteiger partial charge in [0, 0.05) is 37.4 Å². The minimum Gasteiger partial charge on any atom is -0.355 e. The Labute approximate surface area is 179 Å². The minimum atomic E-state index is 0.0862. The molecule has 3 aromatic rings. The van der Waals surface area contributed by atoms with Crippen molar-refractivity contribution in [2.24, 2.45) is 0 Å². The molecule has 5 nitrogen and oxygen atoms in total. The van der Waals surface area contributed by atoms with Crippen molar-refractivity contribution in [1.29, 1.82) is 0 Å². The van der Waals surface area contributed by atoms with Crippen LogP contribution < -0.4 is 10.2 Å². The van der Waals surface area contributed by atoms with Crippen LogP contribution in [0.2, 0.25) is 0 Å². The maximum atomic E-state index is 12.4. The van der Waals surface area contributed by atoms with Crippen LogP contribution in [-0.4, -0.2) is 35.0 Å². The van der Waals surface area contributed by atoms with Crippen LogP contribution in [0.5, 0.6) is 0 Å². The summed E-state index contributed by atoms with van der Waals surface area (Å²) >= 11 is 0. The summed E-state index contributed by atoms with van der Waals surface area (Å²) in [5.41, 5.74) is 2.23. The van der Waals surface area contributed by atoms with E-state index in [4.69, 9.17) is 4.98 Å². The van der Waals surface area contributed by atoms with Crippen LogP contribution in [0.4, 0.5) is 5.82 Å². The van der Waals surface area contributed by atoms with Crippen molar-refractivity contribution in [1.82, 2.24) is 15.3 Å². The number of nitrogens with one attached hydrogen (secondary N) is 1. The SMILES string of the molecule is CCc1nc(N(CCC(=O)N[C@H](C)CC)CCc2ccccc2)c2ccccc2n1. The molecule has 1 aromatic heterocycles. The Hall–Kier alpha value is -2.95. The Morgan fingerprint density at radius 1 is 1.00 bits per heavy atom. The van der Waals surface area contributed by atoms with Crippen molar-refractivity contribution in [2.45, 2.75) is 52.5 Å². The number of amides is 1. The lowest BCUT2D eigenvalue weighted by Gasteiger charge is -2.26. The molecule has 1 N–H and O–H groups in total. The first-order valence-electron chi connectivity index (χ1n) is 10.9. The molecule has 0 saturated carbocycles. The number of aryl methyl sites for hydroxylation is 1. The molecule has 1 heterocycles. The van der Waals surface area contributed by atoms with Gasteiger partial charge in [-0.15, -0.1) is 0 Å². The van der Waals surface area contributed by atoms with E-state index in [-0.39, 0.29) is 11.9 Å². The third-order valence-electron chi connectivity index (χ3n) is 5.39. The molecule has 0 unspecified atom stereocenters. The summed E-state index contributed by atoms with van der Waals surface area (Å²) in [5, 5.41) is 4.10. The van der Waals surface area contributed by atoms with Gasteiger partial charge in [-0.2, -0.15) is 0 Å². The maximum absolute atomic E-state index is 12.4. The first-order chi connectivity index (χ1) is 14.6. The summed E-state index contributed by atoms with van der Waals surface area (Å²) in [6, 6.07) is 18.8. The molecular formula is C25H32N4O. The lowest BCUT2D eigenvalue weighted by atomic mass is 10.1. The van der Waals surface area contributed by atoms with Gasteiger partial charge in [0.25, 0.3) is 0 Å². The highest BCUT2D eigenvalue weighted by Crippen LogP contribution is 2.24. The third kappa shape index (κ3) is 5.78. The van der Waals surface area contributed by atoms with E-state index in [1.165, 1.54) is 5.56 Å². The zero-order valence-electron chi connectivity index (χ0n) is 18.3. The molecule has 30 heavy (non-hydrogen) atoms. The van der Waals surface area contributed by atoms with Gasteiger partial charge in [0.1, 0.15) is 11.6 Å². The van der Waals surface area contributed by atoms with Crippen molar-refractivity contribution in [3.8, 4) is 0 Å². The van der Waals surface area contributed by atoms with E-state index in [0.29, 0.717) is 13.0 Å². The maximum Gasteiger partial charge on any atom is 0.221 e. The molecule has 0 aliphatic carbocycles. The Kier molecular flexibility index (Phi) is 7.77. The Morgan fingerprint density at radius 2 is 1.73 bits per heavy atom. The molecule has 0 saturated heterocycles. The van der Waals surface area contributed by atoms with Crippen molar-refractivity contribution in [2.75, 3.05) is 18.0 Å². The molecule has 0 spiro atoms. The van der Waals surface area contributed by atoms with Gasteiger partial charge in [-0.05, 0) is 37.5 Å². The molecule has 0 radical (unpaired) electrons. The molecule has 158 valence electrons. The molecule has 1 amide bonds. The second kappa shape index (κ2) is 10.7. The predicted octanol–water partition coefficient (Wildman–Crippen LogP) is 4.55. The first-order valence-corrected chi connectivity index (χ1v) is 10.9. The standard InChI is InChI=1S/C25H32N4O/c1-4-19(3)26-24(30)16-18-29(17-15-20-11-7-6-8-12-20)25-21-13-9-10-14-22(21)27-23(5-2)28-25/h6-14,19H,4-5,15-18H2,1-3H3,(H,26,30)/t19-/m1/s1. The lowest BCUT2D eigenvalue weighted by molar-refractivity contribution is -0.121. The van der Waals surface area contributed by atoms with Crippen molar-refractivity contribution >= 4 is 22.6 Å². The van der Waals surface area contributed by atoms with Gasteiger partial charge < -0.3 is 10.2 Å². The Morgan fingerprint density at radius 3 is 2.47 bits per heavy atom. The van der Waals surface area contributed by atoms with Crippen LogP contribution in [0.15, 0.2) is 54.6 Å². The van der Waals surface area contributed by atoms with Crippen molar-refractivity contribution in [3.05, 3.63) is 66.0 Å². The monoisotopic (exact) mass is 404 g/mol. The Balaban J connectivity index is 1.86. The van der Waals surface area contributed by atoms with E-state index in [9.17, 15) is 4.79 Å². The van der Waals surface area contributed by atoms with Gasteiger partial charge in [0.15, 0.2) is 0 Å². The second-order valence-electron chi connectivity index (χ2n) is 7.68. The second-order valence-corrected chi connectivity index (χ2v) is 7.68. The van der Waals surface area contributed by atoms with E-state index in [1.54, 1.807) is 0 Å². The molecule has 3 rings (SSSR count). The van der Waals surface area contributed by atoms with Crippen LogP contribution in [0, 0.1) is 0 Å². The highest BCUT2D eigenvalue weighted by molar-refractivity contribution is 5.89. The molecule has 0 aliphatic heterocycles. The molecule has 2 aromatic carbocycles. The average Bonchev–Trinajstić information content (AvgIpc) is 2.79. The van der Waals surface area contributed by atoms with Gasteiger partial charge >= 0.3 is 0 Å². The van der Waals surface area contributed by atoms with E-state index < -0.39 is 0 Å². The summed E-state index contributed by atoms with van der Waals surface area (Å²) in [6.07, 6.45) is 3.05. The fourth-order valence-electron chi connectivity index (χ4n) is 3.42. The largest absolute Gasteiger partial charge is 0.355 e. The molecule has 5 heteroatoms. The first kappa shape index (κ1) is 21.8. The lowest BCUT2D eigenvalue weighted by Crippen LogP contribution is -2.36. The summed E-state index contributed by atoms with van der Waals surface area (Å²) < 4.78 is 0. The van der Waals surface area contributed by atoms with Crippen LogP contribution in [0.1, 0.15) is 45.0 Å². The van der Waals surface area contributed by atoms with Crippen LogP contribution in [0.25, 0.3) is 10.9 Å². The number of anilines is 1. The number of fused-ring (bicyclic) bond motifs is 1. The predicted molar refractivity (Wildman–Crippen MR) is 124 cm³/mol. The minimum absolute atomic E-state index is 0.0862. The van der Waals surface area contributed by atoms with E-state index >= 15 is 0 Å². The number of benzene rings is 2. The van der Waals surface area contributed by atoms with E-state index in [1.807, 2.05) is 31.2 Å². The number of aromatic nitrogens is 2. The Bertz CT molecular complexity index is 958. The van der Waals surface area contributed by atoms with Crippen molar-refractivity contribution < 1.29 is 4.79 Å². The fraction of sp³-hybridized carbons (Fsp3) is 0.400. The molecule has 0 aliphatic rings. The van der Waals surface area contributed by atoms with Crippen LogP contribution in [-0.2, 0) is 17.6 Å². The molecule has 0 bridgehead atoms. The van der Waals surface area contributed by atoms with Gasteiger partial charge in [0.05, 0.1) is 5.52 Å². The molecule has 0 fully saturated rings. The summed E-state index contributed by atoms with van der Waals surface area (Å²) in [6.45, 7) is 7.61. The topological polar surface area (TPSA) is 58.1 Å². The highest BCUT2D eigenvalue weighted by Gasteiger charge is 2.16.